The van der Waals surface area contributed by atoms with Crippen LogP contribution in [0.3, 0.4) is 0 Å². The second-order valence-corrected chi connectivity index (χ2v) is 18.1. The lowest BCUT2D eigenvalue weighted by atomic mass is 9.95. The Kier molecular flexibility index (Phi) is 19.0. The number of nitrogens with zero attached hydrogens (tertiary/aromatic N) is 2. The summed E-state index contributed by atoms with van der Waals surface area (Å²) in [5, 5.41) is 56.0. The number of carboxylic acid groups (broad SMARTS) is 1. The second-order valence-electron chi connectivity index (χ2n) is 18.1. The van der Waals surface area contributed by atoms with Crippen LogP contribution in [-0.2, 0) is 67.2 Å². The summed E-state index contributed by atoms with van der Waals surface area (Å²) < 4.78 is 5.82. The Balaban J connectivity index is 1.65. The number of esters is 1. The van der Waals surface area contributed by atoms with Gasteiger partial charge in [0.05, 0.1) is 0 Å². The van der Waals surface area contributed by atoms with Crippen LogP contribution in [0.4, 0.5) is 0 Å². The van der Waals surface area contributed by atoms with E-state index in [1.54, 1.807) is 51.1 Å². The predicted molar refractivity (Wildman–Crippen MR) is 251 cm³/mol. The number of hydrogen-bond acceptors (Lipinski definition) is 14. The molecule has 3 aromatic carbocycles. The monoisotopic (exact) mass is 984 g/mol. The molecule has 0 aliphatic carbocycles. The number of carbonyl (C=O) groups excluding carboxylic acids is 9. The van der Waals surface area contributed by atoms with Crippen LogP contribution >= 0.6 is 0 Å². The van der Waals surface area contributed by atoms with Crippen LogP contribution in [0.2, 0.25) is 0 Å². The number of fused-ring (bicyclic) bond motifs is 2. The van der Waals surface area contributed by atoms with Gasteiger partial charge in [-0.3, -0.25) is 33.6 Å². The lowest BCUT2D eigenvalue weighted by Gasteiger charge is -2.43. The molecule has 71 heavy (non-hydrogen) atoms. The fraction of sp³-hybridized carbons (Fsp3) is 0.460. The smallest absolute Gasteiger partial charge is 0.329 e. The van der Waals surface area contributed by atoms with E-state index in [-0.39, 0.29) is 50.0 Å². The van der Waals surface area contributed by atoms with Crippen molar-refractivity contribution in [1.29, 1.82) is 0 Å². The molecule has 0 radical (unpaired) electrons. The topological polar surface area (TPSA) is 313 Å². The number of cyclic esters (lactones) is 1. The molecule has 7 amide bonds. The summed E-state index contributed by atoms with van der Waals surface area (Å²) in [6.07, 6.45) is -4.85. The van der Waals surface area contributed by atoms with Gasteiger partial charge in [-0.1, -0.05) is 75.4 Å². The molecule has 0 aromatic heterocycles. The van der Waals surface area contributed by atoms with Gasteiger partial charge in [0.1, 0.15) is 66.1 Å². The van der Waals surface area contributed by atoms with E-state index in [9.17, 15) is 58.8 Å². The van der Waals surface area contributed by atoms with Crippen molar-refractivity contribution in [2.45, 2.75) is 134 Å². The summed E-state index contributed by atoms with van der Waals surface area (Å²) in [7, 11) is 1.33. The summed E-state index contributed by atoms with van der Waals surface area (Å²) in [6.45, 7) is 6.05. The number of piperidine rings is 1. The Hall–Kier alpha value is -7.55. The van der Waals surface area contributed by atoms with Crippen molar-refractivity contribution in [2.75, 3.05) is 7.05 Å². The van der Waals surface area contributed by atoms with E-state index >= 15 is 4.79 Å². The SMILES string of the molecule is CCCC(=O)NC(CC(=O)[O-])C(=O)NC1C(=O)NC(Cc2ccc(O)cc2)C(=O)NC2CCC(O)N(C2=O)C(Cc2ccccc2)C(=O)N(C)C(Cc2ccc(O)cc2)C(=O)NC(C(C)C)C(=O)OC1C. The number of rotatable bonds is 14. The highest BCUT2D eigenvalue weighted by molar-refractivity contribution is 5.99. The van der Waals surface area contributed by atoms with Crippen LogP contribution in [0.15, 0.2) is 78.9 Å². The number of carboxylic acids is 1. The molecule has 2 saturated heterocycles. The van der Waals surface area contributed by atoms with Gasteiger partial charge in [0.25, 0.3) is 0 Å². The number of phenolic OH excluding ortho intramolecular Hbond substituents is 2. The van der Waals surface area contributed by atoms with Crippen molar-refractivity contribution in [3.63, 3.8) is 0 Å². The van der Waals surface area contributed by atoms with Crippen molar-refractivity contribution in [1.82, 2.24) is 36.4 Å². The average molecular weight is 985 g/mol. The molecule has 9 unspecified atom stereocenters. The lowest BCUT2D eigenvalue weighted by Crippen LogP contribution is -2.65. The molecule has 21 heteroatoms. The average Bonchev–Trinajstić information content (AvgIpc) is 3.32. The fourth-order valence-electron chi connectivity index (χ4n) is 8.39. The molecule has 2 aliphatic heterocycles. The Bertz CT molecular complexity index is 2400. The molecule has 2 bridgehead atoms. The molecule has 0 spiro atoms. The van der Waals surface area contributed by atoms with Gasteiger partial charge in [0.15, 0.2) is 0 Å². The molecule has 9 atom stereocenters. The number of aliphatic hydroxyl groups is 1. The number of nitrogens with one attached hydrogen (secondary N) is 5. The van der Waals surface area contributed by atoms with Gasteiger partial charge in [-0.15, -0.1) is 0 Å². The standard InChI is InChI=1S/C50H63N7O14/c1-6-10-39(60)51-36(26-41(62)63)45(65)55-43-28(4)71-50(70)42(27(2)3)54-46(66)37(24-31-15-19-33(59)20-16-31)56(5)49(69)38(25-29-11-8-7-9-12-29)57-40(61)22-21-34(48(57)68)52-44(64)35(53-47(43)67)23-30-13-17-32(58)18-14-30/h7-9,11-20,27-28,34-38,40,42-43,58-59,61H,6,10,21-26H2,1-5H3,(H,51,60)(H,52,64)(H,53,67)(H,54,66)(H,55,65)(H,62,63)/p-1. The van der Waals surface area contributed by atoms with Crippen LogP contribution in [0.25, 0.3) is 0 Å². The van der Waals surface area contributed by atoms with E-state index in [4.69, 9.17) is 4.74 Å². The van der Waals surface area contributed by atoms with Gasteiger partial charge in [0.2, 0.25) is 41.4 Å². The number of likely N-dealkylation sites (N-methyl/N-ethyl adjacent to an activating group) is 1. The molecule has 8 N–H and O–H groups in total. The van der Waals surface area contributed by atoms with Crippen LogP contribution in [0.5, 0.6) is 11.5 Å². The van der Waals surface area contributed by atoms with E-state index in [0.29, 0.717) is 23.1 Å². The molecular weight excluding hydrogens is 923 g/mol. The number of aliphatic hydroxyl groups excluding tert-OH is 1. The molecule has 3 aromatic rings. The first-order chi connectivity index (χ1) is 33.7. The molecule has 5 rings (SSSR count). The number of hydrogen-bond donors (Lipinski definition) is 8. The minimum atomic E-state index is -1.92. The van der Waals surface area contributed by atoms with Gasteiger partial charge in [0, 0.05) is 45.1 Å². The maximum atomic E-state index is 15.1. The third-order valence-corrected chi connectivity index (χ3v) is 12.4. The molecule has 2 aliphatic rings. The van der Waals surface area contributed by atoms with Crippen molar-refractivity contribution in [3.8, 4) is 11.5 Å². The van der Waals surface area contributed by atoms with E-state index in [1.165, 1.54) is 62.5 Å². The number of ether oxygens (including phenoxy) is 1. The van der Waals surface area contributed by atoms with Gasteiger partial charge in [-0.2, -0.15) is 0 Å². The number of amides is 7. The lowest BCUT2D eigenvalue weighted by molar-refractivity contribution is -0.306. The zero-order valence-corrected chi connectivity index (χ0v) is 40.2. The van der Waals surface area contributed by atoms with Crippen LogP contribution < -0.4 is 31.7 Å². The molecule has 21 nitrogen and oxygen atoms in total. The largest absolute Gasteiger partial charge is 0.550 e. The minimum Gasteiger partial charge on any atom is -0.550 e. The molecule has 382 valence electrons. The summed E-state index contributed by atoms with van der Waals surface area (Å²) >= 11 is 0. The number of aliphatic carboxylic acids is 1. The van der Waals surface area contributed by atoms with Crippen LogP contribution in [0, 0.1) is 5.92 Å². The number of carbonyl (C=O) groups is 9. The minimum absolute atomic E-state index is 0.0763. The molecule has 2 heterocycles. The summed E-state index contributed by atoms with van der Waals surface area (Å²) in [5.41, 5.74) is 1.45. The first kappa shape index (κ1) is 54.4. The Morgan fingerprint density at radius 1 is 0.761 bits per heavy atom. The zero-order chi connectivity index (χ0) is 52.1. The van der Waals surface area contributed by atoms with Crippen LogP contribution in [-0.4, -0.2) is 140 Å². The Morgan fingerprint density at radius 3 is 1.92 bits per heavy atom. The number of phenols is 2. The van der Waals surface area contributed by atoms with E-state index in [2.05, 4.69) is 26.6 Å². The highest BCUT2D eigenvalue weighted by Gasteiger charge is 2.46. The highest BCUT2D eigenvalue weighted by Crippen LogP contribution is 2.26. The molecular formula is C50H62N7O14-. The fourth-order valence-corrected chi connectivity index (χ4v) is 8.39. The Morgan fingerprint density at radius 2 is 1.34 bits per heavy atom. The van der Waals surface area contributed by atoms with Gasteiger partial charge < -0.3 is 66.3 Å². The summed E-state index contributed by atoms with van der Waals surface area (Å²) in [4.78, 5) is 128. The Labute approximate surface area is 410 Å². The van der Waals surface area contributed by atoms with Crippen molar-refractivity contribution >= 4 is 53.3 Å². The van der Waals surface area contributed by atoms with E-state index in [0.717, 1.165) is 9.80 Å². The third-order valence-electron chi connectivity index (χ3n) is 12.4. The zero-order valence-electron chi connectivity index (χ0n) is 40.2. The van der Waals surface area contributed by atoms with E-state index in [1.807, 2.05) is 0 Å². The summed E-state index contributed by atoms with van der Waals surface area (Å²) in [6, 6.07) is 8.94. The second kappa shape index (κ2) is 24.8. The number of benzene rings is 3. The van der Waals surface area contributed by atoms with Crippen LogP contribution in [0.1, 0.15) is 76.5 Å². The predicted octanol–water partition coefficient (Wildman–Crippen LogP) is -0.772. The third kappa shape index (κ3) is 14.7. The first-order valence-corrected chi connectivity index (χ1v) is 23.4. The van der Waals surface area contributed by atoms with Gasteiger partial charge >= 0.3 is 5.97 Å². The van der Waals surface area contributed by atoms with Crippen molar-refractivity contribution < 1.29 is 68.3 Å². The normalized spacial score (nSPS) is 24.3. The van der Waals surface area contributed by atoms with Gasteiger partial charge in [-0.25, -0.2) is 4.79 Å². The quantitative estimate of drug-likeness (QED) is 0.0921. The first-order valence-electron chi connectivity index (χ1n) is 23.4. The molecule has 2 fully saturated rings. The number of aromatic hydroxyl groups is 2. The highest BCUT2D eigenvalue weighted by atomic mass is 16.5. The summed E-state index contributed by atoms with van der Waals surface area (Å²) in [5.74, 6) is -10.3. The maximum Gasteiger partial charge on any atom is 0.329 e. The maximum absolute atomic E-state index is 15.1. The van der Waals surface area contributed by atoms with Gasteiger partial charge in [-0.05, 0) is 73.1 Å². The van der Waals surface area contributed by atoms with Crippen molar-refractivity contribution in [2.24, 2.45) is 5.92 Å². The molecule has 0 saturated carbocycles. The van der Waals surface area contributed by atoms with E-state index < -0.39 is 120 Å². The van der Waals surface area contributed by atoms with Crippen molar-refractivity contribution in [3.05, 3.63) is 95.6 Å².